The van der Waals surface area contributed by atoms with Gasteiger partial charge in [0.25, 0.3) is 5.91 Å². The van der Waals surface area contributed by atoms with E-state index in [1.165, 1.54) is 11.8 Å². The van der Waals surface area contributed by atoms with Crippen LogP contribution < -0.4 is 5.32 Å². The molecule has 1 aliphatic rings. The van der Waals surface area contributed by atoms with E-state index in [1.807, 2.05) is 0 Å². The van der Waals surface area contributed by atoms with Gasteiger partial charge in [0.2, 0.25) is 5.12 Å². The molecule has 0 bridgehead atoms. The van der Waals surface area contributed by atoms with Crippen LogP contribution in [0.15, 0.2) is 24.3 Å². The molecule has 1 aromatic carbocycles. The predicted molar refractivity (Wildman–Crippen MR) is 64.8 cm³/mol. The Hall–Kier alpha value is -1.00. The van der Waals surface area contributed by atoms with Gasteiger partial charge in [-0.05, 0) is 24.6 Å². The van der Waals surface area contributed by atoms with Crippen molar-refractivity contribution in [1.82, 2.24) is 5.32 Å². The second kappa shape index (κ2) is 4.89. The van der Waals surface area contributed by atoms with Gasteiger partial charge < -0.3 is 5.32 Å². The van der Waals surface area contributed by atoms with E-state index in [-0.39, 0.29) is 17.1 Å². The highest BCUT2D eigenvalue weighted by Gasteiger charge is 2.26. The quantitative estimate of drug-likeness (QED) is 0.880. The van der Waals surface area contributed by atoms with Crippen molar-refractivity contribution in [2.24, 2.45) is 0 Å². The lowest BCUT2D eigenvalue weighted by atomic mass is 10.2. The number of nitrogens with one attached hydrogen (secondary N) is 1. The van der Waals surface area contributed by atoms with Gasteiger partial charge in [-0.1, -0.05) is 29.4 Å². The normalized spacial score (nSPS) is 19.8. The molecule has 1 fully saturated rings. The largest absolute Gasteiger partial charge is 0.341 e. The number of hydrogen-bond acceptors (Lipinski definition) is 3. The maximum absolute atomic E-state index is 11.8. The van der Waals surface area contributed by atoms with Crippen molar-refractivity contribution in [1.29, 1.82) is 0 Å². The number of carbonyl (C=O) groups is 2. The van der Waals surface area contributed by atoms with Crippen LogP contribution in [-0.4, -0.2) is 22.8 Å². The molecular weight excluding hydrogens is 246 g/mol. The summed E-state index contributed by atoms with van der Waals surface area (Å²) >= 11 is 7.05. The first kappa shape index (κ1) is 11.5. The van der Waals surface area contributed by atoms with Crippen LogP contribution in [0.5, 0.6) is 0 Å². The molecule has 1 saturated heterocycles. The zero-order valence-electron chi connectivity index (χ0n) is 8.40. The lowest BCUT2D eigenvalue weighted by molar-refractivity contribution is -0.112. The number of halogens is 1. The summed E-state index contributed by atoms with van der Waals surface area (Å²) in [5.41, 5.74) is 0.484. The minimum absolute atomic E-state index is 0.0374. The van der Waals surface area contributed by atoms with Crippen molar-refractivity contribution < 1.29 is 9.59 Å². The van der Waals surface area contributed by atoms with Crippen LogP contribution in [0.1, 0.15) is 16.8 Å². The molecule has 0 unspecified atom stereocenters. The second-order valence-corrected chi connectivity index (χ2v) is 5.03. The summed E-state index contributed by atoms with van der Waals surface area (Å²) in [7, 11) is 0. The molecule has 1 aromatic rings. The maximum atomic E-state index is 11.8. The van der Waals surface area contributed by atoms with Gasteiger partial charge in [0, 0.05) is 16.3 Å². The van der Waals surface area contributed by atoms with Gasteiger partial charge in [0.05, 0.1) is 6.04 Å². The number of amides is 1. The van der Waals surface area contributed by atoms with E-state index in [0.29, 0.717) is 17.0 Å². The summed E-state index contributed by atoms with van der Waals surface area (Å²) in [4.78, 5) is 23.1. The molecule has 0 saturated carbocycles. The third-order valence-corrected chi connectivity index (χ3v) is 3.57. The first-order valence-electron chi connectivity index (χ1n) is 4.90. The number of thioether (sulfide) groups is 1. The molecule has 5 heteroatoms. The highest BCUT2D eigenvalue weighted by atomic mass is 35.5. The molecule has 0 spiro atoms. The topological polar surface area (TPSA) is 46.2 Å². The van der Waals surface area contributed by atoms with Gasteiger partial charge in [-0.2, -0.15) is 0 Å². The zero-order valence-corrected chi connectivity index (χ0v) is 9.98. The van der Waals surface area contributed by atoms with Crippen molar-refractivity contribution in [3.05, 3.63) is 34.9 Å². The van der Waals surface area contributed by atoms with Gasteiger partial charge >= 0.3 is 0 Å². The minimum atomic E-state index is -0.350. The van der Waals surface area contributed by atoms with Gasteiger partial charge in [-0.25, -0.2) is 0 Å². The van der Waals surface area contributed by atoms with E-state index in [0.717, 1.165) is 5.75 Å². The molecule has 0 radical (unpaired) electrons. The Kier molecular flexibility index (Phi) is 3.51. The van der Waals surface area contributed by atoms with Crippen LogP contribution in [0, 0.1) is 0 Å². The molecule has 1 heterocycles. The second-order valence-electron chi connectivity index (χ2n) is 3.49. The van der Waals surface area contributed by atoms with E-state index in [2.05, 4.69) is 5.32 Å². The fourth-order valence-electron chi connectivity index (χ4n) is 1.50. The lowest BCUT2D eigenvalue weighted by Gasteiger charge is -2.09. The standard InChI is InChI=1S/C11H10ClNO2S/c12-8-3-1-2-7(6-8)10(14)13-9-4-5-16-11(9)15/h1-3,6,9H,4-5H2,(H,13,14)/t9-/m0/s1. The molecule has 0 aromatic heterocycles. The Balaban J connectivity index is 2.05. The Morgan fingerprint density at radius 2 is 2.31 bits per heavy atom. The molecule has 84 valence electrons. The van der Waals surface area contributed by atoms with Gasteiger partial charge in [-0.15, -0.1) is 0 Å². The SMILES string of the molecule is O=C(N[C@H]1CCSC1=O)c1cccc(Cl)c1. The van der Waals surface area contributed by atoms with Crippen molar-refractivity contribution in [3.63, 3.8) is 0 Å². The summed E-state index contributed by atoms with van der Waals surface area (Å²) in [5.74, 6) is 0.530. The highest BCUT2D eigenvalue weighted by molar-refractivity contribution is 8.14. The smallest absolute Gasteiger partial charge is 0.251 e. The summed E-state index contributed by atoms with van der Waals surface area (Å²) in [6.07, 6.45) is 0.704. The van der Waals surface area contributed by atoms with Gasteiger partial charge in [0.15, 0.2) is 0 Å². The Morgan fingerprint density at radius 1 is 1.50 bits per heavy atom. The van der Waals surface area contributed by atoms with E-state index in [9.17, 15) is 9.59 Å². The third kappa shape index (κ3) is 2.57. The zero-order chi connectivity index (χ0) is 11.5. The average Bonchev–Trinajstić information content (AvgIpc) is 2.64. The summed E-state index contributed by atoms with van der Waals surface area (Å²) in [5, 5.41) is 3.26. The molecule has 2 rings (SSSR count). The maximum Gasteiger partial charge on any atom is 0.251 e. The molecular formula is C11H10ClNO2S. The van der Waals surface area contributed by atoms with E-state index >= 15 is 0 Å². The van der Waals surface area contributed by atoms with Crippen molar-refractivity contribution in [3.8, 4) is 0 Å². The highest BCUT2D eigenvalue weighted by Crippen LogP contribution is 2.20. The summed E-state index contributed by atoms with van der Waals surface area (Å²) < 4.78 is 0. The van der Waals surface area contributed by atoms with Gasteiger partial charge in [0.1, 0.15) is 0 Å². The van der Waals surface area contributed by atoms with Crippen LogP contribution >= 0.6 is 23.4 Å². The molecule has 1 N–H and O–H groups in total. The molecule has 1 amide bonds. The molecule has 1 aliphatic heterocycles. The fourth-order valence-corrected chi connectivity index (χ4v) is 2.62. The van der Waals surface area contributed by atoms with Crippen molar-refractivity contribution in [2.45, 2.75) is 12.5 Å². The summed E-state index contributed by atoms with van der Waals surface area (Å²) in [6.45, 7) is 0. The van der Waals surface area contributed by atoms with Crippen molar-refractivity contribution in [2.75, 3.05) is 5.75 Å². The van der Waals surface area contributed by atoms with Crippen molar-refractivity contribution >= 4 is 34.4 Å². The monoisotopic (exact) mass is 255 g/mol. The van der Waals surface area contributed by atoms with Crippen LogP contribution in [0.2, 0.25) is 5.02 Å². The Labute approximate surface area is 103 Å². The number of benzene rings is 1. The number of carbonyl (C=O) groups excluding carboxylic acids is 2. The van der Waals surface area contributed by atoms with Gasteiger partial charge in [-0.3, -0.25) is 9.59 Å². The fraction of sp³-hybridized carbons (Fsp3) is 0.273. The molecule has 16 heavy (non-hydrogen) atoms. The van der Waals surface area contributed by atoms with Crippen LogP contribution in [-0.2, 0) is 4.79 Å². The number of hydrogen-bond donors (Lipinski definition) is 1. The average molecular weight is 256 g/mol. The first-order chi connectivity index (χ1) is 7.66. The summed E-state index contributed by atoms with van der Waals surface area (Å²) in [6, 6.07) is 6.32. The van der Waals surface area contributed by atoms with Crippen LogP contribution in [0.25, 0.3) is 0 Å². The van der Waals surface area contributed by atoms with Crippen LogP contribution in [0.4, 0.5) is 0 Å². The predicted octanol–water partition coefficient (Wildman–Crippen LogP) is 2.10. The van der Waals surface area contributed by atoms with E-state index < -0.39 is 0 Å². The third-order valence-electron chi connectivity index (χ3n) is 2.33. The Morgan fingerprint density at radius 3 is 2.94 bits per heavy atom. The lowest BCUT2D eigenvalue weighted by Crippen LogP contribution is -2.37. The minimum Gasteiger partial charge on any atom is -0.341 e. The Bertz CT molecular complexity index is 436. The van der Waals surface area contributed by atoms with Crippen LogP contribution in [0.3, 0.4) is 0 Å². The number of rotatable bonds is 2. The molecule has 1 atom stereocenters. The van der Waals surface area contributed by atoms with E-state index in [1.54, 1.807) is 24.3 Å². The molecule has 0 aliphatic carbocycles. The first-order valence-corrected chi connectivity index (χ1v) is 6.26. The van der Waals surface area contributed by atoms with E-state index in [4.69, 9.17) is 11.6 Å². The molecule has 3 nitrogen and oxygen atoms in total.